The van der Waals surface area contributed by atoms with Gasteiger partial charge < -0.3 is 10.6 Å². The number of halogens is 1. The first-order valence-corrected chi connectivity index (χ1v) is 7.82. The number of amides is 1. The summed E-state index contributed by atoms with van der Waals surface area (Å²) in [5.74, 6) is -0.135. The Bertz CT molecular complexity index is 762. The fourth-order valence-electron chi connectivity index (χ4n) is 2.00. The molecule has 2 aromatic carbocycles. The summed E-state index contributed by atoms with van der Waals surface area (Å²) in [5.41, 5.74) is 2.23. The van der Waals surface area contributed by atoms with E-state index >= 15 is 0 Å². The van der Waals surface area contributed by atoms with Crippen LogP contribution in [0.3, 0.4) is 0 Å². The third-order valence-electron chi connectivity index (χ3n) is 3.37. The minimum atomic E-state index is -0.490. The van der Waals surface area contributed by atoms with Crippen molar-refractivity contribution in [2.45, 2.75) is 20.4 Å². The molecule has 0 bridgehead atoms. The Morgan fingerprint density at radius 1 is 1.25 bits per heavy atom. The van der Waals surface area contributed by atoms with Crippen molar-refractivity contribution >= 4 is 34.6 Å². The molecule has 0 saturated carbocycles. The van der Waals surface area contributed by atoms with Gasteiger partial charge in [0, 0.05) is 30.3 Å². The van der Waals surface area contributed by atoms with E-state index in [1.807, 2.05) is 38.1 Å². The van der Waals surface area contributed by atoms with Crippen LogP contribution in [0.1, 0.15) is 19.4 Å². The topological polar surface area (TPSA) is 84.3 Å². The van der Waals surface area contributed by atoms with E-state index in [1.165, 1.54) is 12.1 Å². The highest BCUT2D eigenvalue weighted by Gasteiger charge is 2.10. The number of anilines is 2. The van der Waals surface area contributed by atoms with Crippen molar-refractivity contribution in [3.8, 4) is 0 Å². The van der Waals surface area contributed by atoms with Gasteiger partial charge in [-0.1, -0.05) is 37.6 Å². The smallest absolute Gasteiger partial charge is 0.271 e. The number of carbonyl (C=O) groups excluding carboxylic acids is 1. The fraction of sp³-hybridized carbons (Fsp3) is 0.235. The van der Waals surface area contributed by atoms with Gasteiger partial charge in [-0.05, 0) is 23.8 Å². The maximum absolute atomic E-state index is 11.7. The fourth-order valence-corrected chi connectivity index (χ4v) is 2.25. The summed E-state index contributed by atoms with van der Waals surface area (Å²) >= 11 is 6.05. The van der Waals surface area contributed by atoms with E-state index in [1.54, 1.807) is 6.07 Å². The predicted octanol–water partition coefficient (Wildman–Crippen LogP) is 4.45. The van der Waals surface area contributed by atoms with Crippen LogP contribution in [0.25, 0.3) is 0 Å². The summed E-state index contributed by atoms with van der Waals surface area (Å²) < 4.78 is 0. The molecule has 0 atom stereocenters. The maximum Gasteiger partial charge on any atom is 0.271 e. The van der Waals surface area contributed by atoms with Gasteiger partial charge in [-0.15, -0.1) is 0 Å². The van der Waals surface area contributed by atoms with Gasteiger partial charge in [0.25, 0.3) is 5.69 Å². The number of hydrogen-bond acceptors (Lipinski definition) is 4. The zero-order chi connectivity index (χ0) is 17.7. The largest absolute Gasteiger partial charge is 0.380 e. The molecule has 0 unspecified atom stereocenters. The number of nitrogens with one attached hydrogen (secondary N) is 2. The Balaban J connectivity index is 2.04. The Hall–Kier alpha value is -2.60. The SMILES string of the molecule is CC(C)C(=O)Nc1cccc(CNc2ccc([N+](=O)[O-])cc2Cl)c1. The van der Waals surface area contributed by atoms with Crippen LogP contribution in [0.5, 0.6) is 0 Å². The molecule has 6 nitrogen and oxygen atoms in total. The Morgan fingerprint density at radius 3 is 2.62 bits per heavy atom. The van der Waals surface area contributed by atoms with E-state index in [0.717, 1.165) is 11.3 Å². The lowest BCUT2D eigenvalue weighted by Crippen LogP contribution is -2.17. The van der Waals surface area contributed by atoms with Crippen LogP contribution in [0, 0.1) is 16.0 Å². The van der Waals surface area contributed by atoms with Crippen LogP contribution in [-0.4, -0.2) is 10.8 Å². The van der Waals surface area contributed by atoms with Gasteiger partial charge >= 0.3 is 0 Å². The van der Waals surface area contributed by atoms with Crippen molar-refractivity contribution in [3.63, 3.8) is 0 Å². The quantitative estimate of drug-likeness (QED) is 0.597. The molecule has 126 valence electrons. The minimum absolute atomic E-state index is 0.0430. The van der Waals surface area contributed by atoms with Gasteiger partial charge in [0.1, 0.15) is 0 Å². The number of nitro benzene ring substituents is 1. The summed E-state index contributed by atoms with van der Waals surface area (Å²) in [4.78, 5) is 22.0. The van der Waals surface area contributed by atoms with Crippen molar-refractivity contribution < 1.29 is 9.72 Å². The number of benzene rings is 2. The number of nitro groups is 1. The second-order valence-electron chi connectivity index (χ2n) is 5.62. The van der Waals surface area contributed by atoms with Crippen LogP contribution in [0.2, 0.25) is 5.02 Å². The standard InChI is InChI=1S/C17H18ClN3O3/c1-11(2)17(22)20-13-5-3-4-12(8-13)10-19-16-7-6-14(21(23)24)9-15(16)18/h3-9,11,19H,10H2,1-2H3,(H,20,22). The van der Waals surface area contributed by atoms with Gasteiger partial charge in [0.05, 0.1) is 15.6 Å². The van der Waals surface area contributed by atoms with Crippen LogP contribution < -0.4 is 10.6 Å². The first kappa shape index (κ1) is 17.7. The lowest BCUT2D eigenvalue weighted by Gasteiger charge is -2.11. The third kappa shape index (κ3) is 4.70. The van der Waals surface area contributed by atoms with Crippen molar-refractivity contribution in [1.82, 2.24) is 0 Å². The van der Waals surface area contributed by atoms with E-state index in [0.29, 0.717) is 12.2 Å². The van der Waals surface area contributed by atoms with E-state index in [-0.39, 0.29) is 22.5 Å². The summed E-state index contributed by atoms with van der Waals surface area (Å²) in [5, 5.41) is 17.0. The normalized spacial score (nSPS) is 10.5. The van der Waals surface area contributed by atoms with Crippen LogP contribution in [0.15, 0.2) is 42.5 Å². The van der Waals surface area contributed by atoms with Crippen molar-refractivity contribution in [2.24, 2.45) is 5.92 Å². The zero-order valence-corrected chi connectivity index (χ0v) is 14.1. The number of carbonyl (C=O) groups is 1. The molecule has 2 rings (SSSR count). The Morgan fingerprint density at radius 2 is 2.00 bits per heavy atom. The molecule has 7 heteroatoms. The molecule has 0 radical (unpaired) electrons. The molecule has 2 aromatic rings. The molecule has 1 amide bonds. The van der Waals surface area contributed by atoms with Gasteiger partial charge in [0.15, 0.2) is 0 Å². The molecule has 0 aromatic heterocycles. The number of non-ortho nitro benzene ring substituents is 1. The van der Waals surface area contributed by atoms with Crippen molar-refractivity contribution in [1.29, 1.82) is 0 Å². The van der Waals surface area contributed by atoms with Crippen LogP contribution in [0.4, 0.5) is 17.1 Å². The van der Waals surface area contributed by atoms with Gasteiger partial charge in [-0.3, -0.25) is 14.9 Å². The summed E-state index contributed by atoms with van der Waals surface area (Å²) in [6.45, 7) is 4.14. The molecule has 0 aliphatic carbocycles. The third-order valence-corrected chi connectivity index (χ3v) is 3.68. The van der Waals surface area contributed by atoms with Gasteiger partial charge in [-0.25, -0.2) is 0 Å². The number of hydrogen-bond donors (Lipinski definition) is 2. The monoisotopic (exact) mass is 347 g/mol. The average Bonchev–Trinajstić information content (AvgIpc) is 2.53. The average molecular weight is 348 g/mol. The maximum atomic E-state index is 11.7. The molecule has 0 fully saturated rings. The molecule has 0 aliphatic heterocycles. The van der Waals surface area contributed by atoms with Crippen LogP contribution >= 0.6 is 11.6 Å². The zero-order valence-electron chi connectivity index (χ0n) is 13.4. The van der Waals surface area contributed by atoms with Crippen molar-refractivity contribution in [3.05, 3.63) is 63.2 Å². The van der Waals surface area contributed by atoms with E-state index in [2.05, 4.69) is 10.6 Å². The Kier molecular flexibility index (Phi) is 5.76. The molecule has 0 spiro atoms. The van der Waals surface area contributed by atoms with Crippen molar-refractivity contribution in [2.75, 3.05) is 10.6 Å². The van der Waals surface area contributed by atoms with E-state index in [4.69, 9.17) is 11.6 Å². The molecule has 0 saturated heterocycles. The predicted molar refractivity (Wildman–Crippen MR) is 95.3 cm³/mol. The summed E-state index contributed by atoms with van der Waals surface area (Å²) in [7, 11) is 0. The highest BCUT2D eigenvalue weighted by Crippen LogP contribution is 2.27. The lowest BCUT2D eigenvalue weighted by molar-refractivity contribution is -0.384. The minimum Gasteiger partial charge on any atom is -0.380 e. The second-order valence-corrected chi connectivity index (χ2v) is 6.03. The van der Waals surface area contributed by atoms with Gasteiger partial charge in [0.2, 0.25) is 5.91 Å². The van der Waals surface area contributed by atoms with Gasteiger partial charge in [-0.2, -0.15) is 0 Å². The molecule has 0 aliphatic rings. The number of nitrogens with zero attached hydrogens (tertiary/aromatic N) is 1. The first-order valence-electron chi connectivity index (χ1n) is 7.44. The molecule has 2 N–H and O–H groups in total. The van der Waals surface area contributed by atoms with Crippen LogP contribution in [-0.2, 0) is 11.3 Å². The molecule has 0 heterocycles. The highest BCUT2D eigenvalue weighted by atomic mass is 35.5. The summed E-state index contributed by atoms with van der Waals surface area (Å²) in [6.07, 6.45) is 0. The molecular formula is C17H18ClN3O3. The number of rotatable bonds is 6. The highest BCUT2D eigenvalue weighted by molar-refractivity contribution is 6.33. The molecular weight excluding hydrogens is 330 g/mol. The van der Waals surface area contributed by atoms with E-state index in [9.17, 15) is 14.9 Å². The summed E-state index contributed by atoms with van der Waals surface area (Å²) in [6, 6.07) is 11.7. The first-order chi connectivity index (χ1) is 11.4. The Labute approximate surface area is 145 Å². The molecule has 24 heavy (non-hydrogen) atoms. The van der Waals surface area contributed by atoms with E-state index < -0.39 is 4.92 Å². The second kappa shape index (κ2) is 7.79. The lowest BCUT2D eigenvalue weighted by atomic mass is 10.1.